The Morgan fingerprint density at radius 3 is 2.92 bits per heavy atom. The van der Waals surface area contributed by atoms with Crippen LogP contribution in [0.1, 0.15) is 22.5 Å². The Kier molecular flexibility index (Phi) is 4.80. The van der Waals surface area contributed by atoms with Gasteiger partial charge in [0, 0.05) is 44.6 Å². The third-order valence-electron chi connectivity index (χ3n) is 4.32. The topological polar surface area (TPSA) is 103 Å². The number of carbonyl (C=O) groups excluding carboxylic acids is 1. The molecule has 0 saturated carbocycles. The van der Waals surface area contributed by atoms with Crippen LogP contribution in [0.15, 0.2) is 30.7 Å². The first kappa shape index (κ1) is 17.1. The molecule has 1 aliphatic rings. The summed E-state index contributed by atoms with van der Waals surface area (Å²) in [5, 5.41) is 16.5. The summed E-state index contributed by atoms with van der Waals surface area (Å²) in [5.41, 5.74) is 0.351. The van der Waals surface area contributed by atoms with Crippen molar-refractivity contribution in [1.82, 2.24) is 20.3 Å². The first-order valence-corrected chi connectivity index (χ1v) is 8.17. The monoisotopic (exact) mass is 342 g/mol. The quantitative estimate of drug-likeness (QED) is 0.731. The average molecular weight is 342 g/mol. The molecule has 132 valence electrons. The molecule has 0 unspecified atom stereocenters. The third-order valence-corrected chi connectivity index (χ3v) is 4.32. The van der Waals surface area contributed by atoms with E-state index in [2.05, 4.69) is 25.6 Å². The standard InChI is InChI=1S/C17H22N6O2/c1-12-3-4-13(8-19-12)16(24)20-9-17(25)5-6-23(10-17)15-7-14(18-2)21-11-22-15/h3-4,7-8,11,25H,5-6,9-10H2,1-2H3,(H,20,24)(H,18,21,22)/t17-/m0/s1. The highest BCUT2D eigenvalue weighted by Crippen LogP contribution is 2.26. The maximum atomic E-state index is 12.2. The zero-order chi connectivity index (χ0) is 17.9. The molecule has 0 aliphatic carbocycles. The molecule has 1 saturated heterocycles. The van der Waals surface area contributed by atoms with Crippen LogP contribution >= 0.6 is 0 Å². The Morgan fingerprint density at radius 1 is 1.36 bits per heavy atom. The highest BCUT2D eigenvalue weighted by Gasteiger charge is 2.37. The number of β-amino-alcohol motifs (C(OH)–C–C–N with tert-alkyl or cyclic N) is 1. The smallest absolute Gasteiger partial charge is 0.252 e. The van der Waals surface area contributed by atoms with Crippen LogP contribution in [0, 0.1) is 6.92 Å². The molecular formula is C17H22N6O2. The molecule has 1 aliphatic heterocycles. The molecule has 2 aromatic heterocycles. The first-order valence-electron chi connectivity index (χ1n) is 8.17. The average Bonchev–Trinajstić information content (AvgIpc) is 3.03. The van der Waals surface area contributed by atoms with Crippen molar-refractivity contribution in [2.24, 2.45) is 0 Å². The molecule has 3 rings (SSSR count). The van der Waals surface area contributed by atoms with Crippen LogP contribution < -0.4 is 15.5 Å². The van der Waals surface area contributed by atoms with Gasteiger partial charge in [-0.3, -0.25) is 9.78 Å². The van der Waals surface area contributed by atoms with E-state index in [1.54, 1.807) is 19.2 Å². The predicted molar refractivity (Wildman–Crippen MR) is 94.7 cm³/mol. The molecule has 0 aromatic carbocycles. The van der Waals surface area contributed by atoms with E-state index >= 15 is 0 Å². The lowest BCUT2D eigenvalue weighted by molar-refractivity contribution is 0.0575. The van der Waals surface area contributed by atoms with Gasteiger partial charge in [-0.25, -0.2) is 9.97 Å². The minimum Gasteiger partial charge on any atom is -0.386 e. The molecule has 1 atom stereocenters. The predicted octanol–water partition coefficient (Wildman–Crippen LogP) is 0.593. The van der Waals surface area contributed by atoms with Crippen LogP contribution in [-0.2, 0) is 0 Å². The van der Waals surface area contributed by atoms with Crippen molar-refractivity contribution in [2.75, 3.05) is 36.9 Å². The number of hydrogen-bond donors (Lipinski definition) is 3. The normalized spacial score (nSPS) is 19.7. The van der Waals surface area contributed by atoms with Gasteiger partial charge >= 0.3 is 0 Å². The number of rotatable bonds is 5. The van der Waals surface area contributed by atoms with E-state index in [9.17, 15) is 9.90 Å². The van der Waals surface area contributed by atoms with Gasteiger partial charge in [0.1, 0.15) is 23.6 Å². The number of carbonyl (C=O) groups is 1. The second kappa shape index (κ2) is 7.02. The van der Waals surface area contributed by atoms with Crippen LogP contribution in [0.25, 0.3) is 0 Å². The van der Waals surface area contributed by atoms with Gasteiger partial charge < -0.3 is 20.6 Å². The molecule has 1 amide bonds. The summed E-state index contributed by atoms with van der Waals surface area (Å²) in [6.45, 7) is 3.11. The van der Waals surface area contributed by atoms with Crippen molar-refractivity contribution in [1.29, 1.82) is 0 Å². The number of aromatic nitrogens is 3. The molecule has 8 heteroatoms. The van der Waals surface area contributed by atoms with Gasteiger partial charge in [0.25, 0.3) is 5.91 Å². The van der Waals surface area contributed by atoms with E-state index in [0.29, 0.717) is 25.1 Å². The molecule has 0 spiro atoms. The third kappa shape index (κ3) is 4.03. The van der Waals surface area contributed by atoms with Gasteiger partial charge in [-0.05, 0) is 25.5 Å². The zero-order valence-corrected chi connectivity index (χ0v) is 14.4. The van der Waals surface area contributed by atoms with E-state index in [1.165, 1.54) is 12.5 Å². The Hall–Kier alpha value is -2.74. The lowest BCUT2D eigenvalue weighted by Crippen LogP contribution is -2.45. The number of amides is 1. The highest BCUT2D eigenvalue weighted by molar-refractivity contribution is 5.93. The number of nitrogens with one attached hydrogen (secondary N) is 2. The van der Waals surface area contributed by atoms with Gasteiger partial charge in [-0.2, -0.15) is 0 Å². The summed E-state index contributed by atoms with van der Waals surface area (Å²) in [7, 11) is 1.79. The fraction of sp³-hybridized carbons (Fsp3) is 0.412. The summed E-state index contributed by atoms with van der Waals surface area (Å²) >= 11 is 0. The summed E-state index contributed by atoms with van der Waals surface area (Å²) in [6, 6.07) is 5.35. The molecule has 0 bridgehead atoms. The SMILES string of the molecule is CNc1cc(N2CC[C@](O)(CNC(=O)c3ccc(C)nc3)C2)ncn1. The molecule has 2 aromatic rings. The summed E-state index contributed by atoms with van der Waals surface area (Å²) in [6.07, 6.45) is 3.58. The van der Waals surface area contributed by atoms with Crippen molar-refractivity contribution in [3.63, 3.8) is 0 Å². The maximum absolute atomic E-state index is 12.2. The van der Waals surface area contributed by atoms with Crippen LogP contribution in [0.4, 0.5) is 11.6 Å². The number of hydrogen-bond acceptors (Lipinski definition) is 7. The fourth-order valence-electron chi connectivity index (χ4n) is 2.80. The minimum absolute atomic E-state index is 0.181. The van der Waals surface area contributed by atoms with E-state index in [1.807, 2.05) is 17.9 Å². The first-order chi connectivity index (χ1) is 12.0. The van der Waals surface area contributed by atoms with Crippen molar-refractivity contribution < 1.29 is 9.90 Å². The van der Waals surface area contributed by atoms with Crippen molar-refractivity contribution in [2.45, 2.75) is 18.9 Å². The van der Waals surface area contributed by atoms with E-state index in [4.69, 9.17) is 0 Å². The van der Waals surface area contributed by atoms with Crippen molar-refractivity contribution in [3.05, 3.63) is 42.0 Å². The number of nitrogens with zero attached hydrogens (tertiary/aromatic N) is 4. The van der Waals surface area contributed by atoms with E-state index < -0.39 is 5.60 Å². The number of pyridine rings is 1. The van der Waals surface area contributed by atoms with Crippen LogP contribution in [-0.4, -0.2) is 58.2 Å². The molecule has 8 nitrogen and oxygen atoms in total. The Morgan fingerprint density at radius 2 is 2.20 bits per heavy atom. The van der Waals surface area contributed by atoms with Crippen LogP contribution in [0.3, 0.4) is 0 Å². The van der Waals surface area contributed by atoms with Crippen LogP contribution in [0.5, 0.6) is 0 Å². The van der Waals surface area contributed by atoms with E-state index in [0.717, 1.165) is 17.3 Å². The van der Waals surface area contributed by atoms with Gasteiger partial charge in [-0.15, -0.1) is 0 Å². The molecule has 1 fully saturated rings. The number of aryl methyl sites for hydroxylation is 1. The van der Waals surface area contributed by atoms with Crippen molar-refractivity contribution >= 4 is 17.5 Å². The van der Waals surface area contributed by atoms with Gasteiger partial charge in [0.15, 0.2) is 0 Å². The maximum Gasteiger partial charge on any atom is 0.252 e. The van der Waals surface area contributed by atoms with Crippen LogP contribution in [0.2, 0.25) is 0 Å². The summed E-state index contributed by atoms with van der Waals surface area (Å²) < 4.78 is 0. The minimum atomic E-state index is -0.988. The fourth-order valence-corrected chi connectivity index (χ4v) is 2.80. The molecule has 25 heavy (non-hydrogen) atoms. The van der Waals surface area contributed by atoms with Gasteiger partial charge in [0.05, 0.1) is 5.56 Å². The number of aliphatic hydroxyl groups is 1. The zero-order valence-electron chi connectivity index (χ0n) is 14.4. The second-order valence-electron chi connectivity index (χ2n) is 6.28. The van der Waals surface area contributed by atoms with Gasteiger partial charge in [-0.1, -0.05) is 0 Å². The Bertz CT molecular complexity index is 751. The summed E-state index contributed by atoms with van der Waals surface area (Å²) in [4.78, 5) is 26.6. The lowest BCUT2D eigenvalue weighted by Gasteiger charge is -2.24. The second-order valence-corrected chi connectivity index (χ2v) is 6.28. The van der Waals surface area contributed by atoms with Gasteiger partial charge in [0.2, 0.25) is 0 Å². The number of anilines is 2. The molecular weight excluding hydrogens is 320 g/mol. The summed E-state index contributed by atoms with van der Waals surface area (Å²) in [5.74, 6) is 1.24. The largest absolute Gasteiger partial charge is 0.386 e. The van der Waals surface area contributed by atoms with Crippen molar-refractivity contribution in [3.8, 4) is 0 Å². The lowest BCUT2D eigenvalue weighted by atomic mass is 10.0. The van der Waals surface area contributed by atoms with E-state index in [-0.39, 0.29) is 12.5 Å². The molecule has 3 heterocycles. The molecule has 0 radical (unpaired) electrons. The Balaban J connectivity index is 1.59. The highest BCUT2D eigenvalue weighted by atomic mass is 16.3. The molecule has 3 N–H and O–H groups in total. The Labute approximate surface area is 146 Å².